The summed E-state index contributed by atoms with van der Waals surface area (Å²) in [4.78, 5) is -0.0397. The second-order valence-corrected chi connectivity index (χ2v) is 7.47. The highest BCUT2D eigenvalue weighted by Crippen LogP contribution is 2.31. The topological polar surface area (TPSA) is 46.2 Å². The van der Waals surface area contributed by atoms with Gasteiger partial charge >= 0.3 is 0 Å². The molecular formula is C13H18Cl3NO2S. The van der Waals surface area contributed by atoms with Gasteiger partial charge in [0.15, 0.2) is 0 Å². The van der Waals surface area contributed by atoms with Gasteiger partial charge in [-0.1, -0.05) is 67.4 Å². The van der Waals surface area contributed by atoms with Gasteiger partial charge in [0, 0.05) is 6.54 Å². The number of benzene rings is 1. The van der Waals surface area contributed by atoms with E-state index in [0.717, 1.165) is 25.7 Å². The highest BCUT2D eigenvalue weighted by atomic mass is 35.5. The lowest BCUT2D eigenvalue weighted by molar-refractivity contribution is 0.571. The molecule has 0 unspecified atom stereocenters. The van der Waals surface area contributed by atoms with Crippen molar-refractivity contribution in [3.8, 4) is 0 Å². The molecule has 0 saturated carbocycles. The Kier molecular flexibility index (Phi) is 7.62. The Morgan fingerprint density at radius 2 is 1.55 bits per heavy atom. The minimum Gasteiger partial charge on any atom is -0.211 e. The maximum absolute atomic E-state index is 12.1. The first-order valence-electron chi connectivity index (χ1n) is 6.52. The summed E-state index contributed by atoms with van der Waals surface area (Å²) in [5, 5.41) is 0.465. The van der Waals surface area contributed by atoms with Crippen molar-refractivity contribution in [2.45, 2.75) is 43.9 Å². The van der Waals surface area contributed by atoms with E-state index in [9.17, 15) is 8.42 Å². The first-order valence-corrected chi connectivity index (χ1v) is 9.14. The summed E-state index contributed by atoms with van der Waals surface area (Å²) in [6.45, 7) is 2.53. The largest absolute Gasteiger partial charge is 0.242 e. The minimum atomic E-state index is -3.65. The lowest BCUT2D eigenvalue weighted by atomic mass is 10.2. The van der Waals surface area contributed by atoms with Crippen LogP contribution in [0.15, 0.2) is 17.0 Å². The van der Waals surface area contributed by atoms with Crippen molar-refractivity contribution < 1.29 is 8.42 Å². The molecule has 0 aliphatic rings. The van der Waals surface area contributed by atoms with Crippen LogP contribution in [0.5, 0.6) is 0 Å². The average molecular weight is 359 g/mol. The normalized spacial score (nSPS) is 11.8. The zero-order valence-corrected chi connectivity index (χ0v) is 14.3. The molecule has 1 aromatic rings. The molecule has 0 aliphatic carbocycles. The van der Waals surface area contributed by atoms with E-state index in [1.807, 2.05) is 0 Å². The van der Waals surface area contributed by atoms with Crippen LogP contribution in [0.3, 0.4) is 0 Å². The van der Waals surface area contributed by atoms with Crippen molar-refractivity contribution >= 4 is 44.8 Å². The van der Waals surface area contributed by atoms with Crippen LogP contribution < -0.4 is 4.72 Å². The van der Waals surface area contributed by atoms with E-state index >= 15 is 0 Å². The van der Waals surface area contributed by atoms with Gasteiger partial charge in [0.1, 0.15) is 4.90 Å². The Balaban J connectivity index is 2.63. The second-order valence-electron chi connectivity index (χ2n) is 4.51. The Hall–Kier alpha value is -0.000000000000000111. The third kappa shape index (κ3) is 5.41. The number of hydrogen-bond acceptors (Lipinski definition) is 2. The van der Waals surface area contributed by atoms with Crippen molar-refractivity contribution in [1.29, 1.82) is 0 Å². The fourth-order valence-corrected chi connectivity index (χ4v) is 3.80. The Morgan fingerprint density at radius 3 is 2.20 bits per heavy atom. The van der Waals surface area contributed by atoms with E-state index in [0.29, 0.717) is 6.54 Å². The summed E-state index contributed by atoms with van der Waals surface area (Å²) in [6, 6.07) is 2.60. The number of unbranched alkanes of at least 4 members (excludes halogenated alkanes) is 4. The van der Waals surface area contributed by atoms with Gasteiger partial charge in [-0.25, -0.2) is 13.1 Å². The van der Waals surface area contributed by atoms with E-state index in [1.165, 1.54) is 18.6 Å². The Labute approximate surface area is 135 Å². The molecule has 0 spiro atoms. The van der Waals surface area contributed by atoms with Crippen LogP contribution in [0.1, 0.15) is 39.0 Å². The van der Waals surface area contributed by atoms with Gasteiger partial charge in [-0.05, 0) is 18.6 Å². The molecular weight excluding hydrogens is 341 g/mol. The fraction of sp³-hybridized carbons (Fsp3) is 0.538. The summed E-state index contributed by atoms with van der Waals surface area (Å²) >= 11 is 17.5. The molecule has 0 aromatic heterocycles. The number of halogens is 3. The number of nitrogens with one attached hydrogen (secondary N) is 1. The van der Waals surface area contributed by atoms with E-state index < -0.39 is 10.0 Å². The van der Waals surface area contributed by atoms with Gasteiger partial charge in [-0.2, -0.15) is 0 Å². The van der Waals surface area contributed by atoms with Crippen LogP contribution in [0.25, 0.3) is 0 Å². The summed E-state index contributed by atoms with van der Waals surface area (Å²) in [5.74, 6) is 0. The van der Waals surface area contributed by atoms with Crippen molar-refractivity contribution in [3.63, 3.8) is 0 Å². The SMILES string of the molecule is CCCCCCCNS(=O)(=O)c1cc(Cl)c(Cl)cc1Cl. The second kappa shape index (κ2) is 8.44. The molecule has 7 heteroatoms. The minimum absolute atomic E-state index is 0.0397. The van der Waals surface area contributed by atoms with Crippen LogP contribution in [0, 0.1) is 0 Å². The molecule has 0 amide bonds. The summed E-state index contributed by atoms with van der Waals surface area (Å²) in [5.41, 5.74) is 0. The zero-order chi connectivity index (χ0) is 15.2. The third-order valence-corrected chi connectivity index (χ3v) is 5.48. The van der Waals surface area contributed by atoms with Crippen molar-refractivity contribution in [2.75, 3.05) is 6.54 Å². The molecule has 0 saturated heterocycles. The molecule has 0 radical (unpaired) electrons. The standard InChI is InChI=1S/C13H18Cl3NO2S/c1-2-3-4-5-6-7-17-20(18,19)13-9-11(15)10(14)8-12(13)16/h8-9,17H,2-7H2,1H3. The first-order chi connectivity index (χ1) is 9.38. The molecule has 0 aliphatic heterocycles. The molecule has 3 nitrogen and oxygen atoms in total. The number of sulfonamides is 1. The number of hydrogen-bond donors (Lipinski definition) is 1. The van der Waals surface area contributed by atoms with Gasteiger partial charge in [0.2, 0.25) is 10.0 Å². The molecule has 1 rings (SSSR count). The van der Waals surface area contributed by atoms with Crippen molar-refractivity contribution in [3.05, 3.63) is 27.2 Å². The van der Waals surface area contributed by atoms with Crippen molar-refractivity contribution in [1.82, 2.24) is 4.72 Å². The van der Waals surface area contributed by atoms with E-state index in [2.05, 4.69) is 11.6 Å². The highest BCUT2D eigenvalue weighted by Gasteiger charge is 2.19. The van der Waals surface area contributed by atoms with E-state index in [-0.39, 0.29) is 20.0 Å². The molecule has 0 bridgehead atoms. The monoisotopic (exact) mass is 357 g/mol. The van der Waals surface area contributed by atoms with Crippen molar-refractivity contribution in [2.24, 2.45) is 0 Å². The summed E-state index contributed by atoms with van der Waals surface area (Å²) < 4.78 is 26.7. The predicted octanol–water partition coefficient (Wildman–Crippen LogP) is 4.90. The Morgan fingerprint density at radius 1 is 0.950 bits per heavy atom. The van der Waals surface area contributed by atoms with Crippen LogP contribution in [0.2, 0.25) is 15.1 Å². The van der Waals surface area contributed by atoms with Gasteiger partial charge < -0.3 is 0 Å². The average Bonchev–Trinajstić information content (AvgIpc) is 2.37. The van der Waals surface area contributed by atoms with Crippen LogP contribution in [0.4, 0.5) is 0 Å². The predicted molar refractivity (Wildman–Crippen MR) is 85.4 cm³/mol. The third-order valence-electron chi connectivity index (χ3n) is 2.84. The summed E-state index contributed by atoms with van der Waals surface area (Å²) in [7, 11) is -3.65. The van der Waals surface area contributed by atoms with Gasteiger partial charge in [0.05, 0.1) is 15.1 Å². The fourth-order valence-electron chi connectivity index (χ4n) is 1.72. The summed E-state index contributed by atoms with van der Waals surface area (Å²) in [6.07, 6.45) is 5.26. The molecule has 1 N–H and O–H groups in total. The molecule has 20 heavy (non-hydrogen) atoms. The lowest BCUT2D eigenvalue weighted by Crippen LogP contribution is -2.25. The molecule has 1 aromatic carbocycles. The van der Waals surface area contributed by atoms with E-state index in [4.69, 9.17) is 34.8 Å². The Bertz CT molecular complexity index is 547. The van der Waals surface area contributed by atoms with Crippen LogP contribution in [-0.4, -0.2) is 15.0 Å². The van der Waals surface area contributed by atoms with Gasteiger partial charge in [-0.3, -0.25) is 0 Å². The van der Waals surface area contributed by atoms with Crippen LogP contribution >= 0.6 is 34.8 Å². The van der Waals surface area contributed by atoms with Gasteiger partial charge in [-0.15, -0.1) is 0 Å². The molecule has 0 fully saturated rings. The smallest absolute Gasteiger partial charge is 0.211 e. The van der Waals surface area contributed by atoms with Crippen LogP contribution in [-0.2, 0) is 10.0 Å². The molecule has 0 atom stereocenters. The zero-order valence-electron chi connectivity index (χ0n) is 11.3. The van der Waals surface area contributed by atoms with Gasteiger partial charge in [0.25, 0.3) is 0 Å². The maximum atomic E-state index is 12.1. The van der Waals surface area contributed by atoms with E-state index in [1.54, 1.807) is 0 Å². The highest BCUT2D eigenvalue weighted by molar-refractivity contribution is 7.89. The quantitative estimate of drug-likeness (QED) is 0.531. The maximum Gasteiger partial charge on any atom is 0.242 e. The molecule has 0 heterocycles. The number of rotatable bonds is 8. The lowest BCUT2D eigenvalue weighted by Gasteiger charge is -2.09. The first kappa shape index (κ1) is 18.1. The molecule has 114 valence electrons.